The molecule has 6 heteroatoms. The van der Waals surface area contributed by atoms with Gasteiger partial charge in [-0.05, 0) is 26.7 Å². The van der Waals surface area contributed by atoms with E-state index in [0.29, 0.717) is 18.1 Å². The molecule has 0 N–H and O–H groups in total. The summed E-state index contributed by atoms with van der Waals surface area (Å²) in [6.45, 7) is 3.76. The van der Waals surface area contributed by atoms with Gasteiger partial charge in [0, 0.05) is 12.0 Å². The summed E-state index contributed by atoms with van der Waals surface area (Å²) in [5, 5.41) is 17.5. The van der Waals surface area contributed by atoms with Crippen molar-refractivity contribution < 1.29 is 9.05 Å². The maximum absolute atomic E-state index is 9.55. The highest BCUT2D eigenvalue weighted by molar-refractivity contribution is 5.25. The molecule has 1 fully saturated rings. The van der Waals surface area contributed by atoms with E-state index in [0.717, 1.165) is 42.7 Å². The summed E-state index contributed by atoms with van der Waals surface area (Å²) in [5.74, 6) is 1.82. The molecule has 0 radical (unpaired) electrons. The SMILES string of the molecule is Cc1noc(C)c1Cc1noc(C2(C#N)CCCCC2)n1. The Labute approximate surface area is 123 Å². The molecule has 0 atom stereocenters. The zero-order valence-corrected chi connectivity index (χ0v) is 12.3. The van der Waals surface area contributed by atoms with Gasteiger partial charge in [0.25, 0.3) is 0 Å². The third kappa shape index (κ3) is 2.44. The zero-order valence-electron chi connectivity index (χ0n) is 12.3. The van der Waals surface area contributed by atoms with Crippen LogP contribution in [-0.2, 0) is 11.8 Å². The highest BCUT2D eigenvalue weighted by Gasteiger charge is 2.39. The van der Waals surface area contributed by atoms with Crippen LogP contribution in [0, 0.1) is 25.2 Å². The number of nitriles is 1. The predicted molar refractivity (Wildman–Crippen MR) is 73.5 cm³/mol. The van der Waals surface area contributed by atoms with E-state index in [1.54, 1.807) is 0 Å². The fraction of sp³-hybridized carbons (Fsp3) is 0.600. The summed E-state index contributed by atoms with van der Waals surface area (Å²) in [6.07, 6.45) is 5.37. The van der Waals surface area contributed by atoms with Gasteiger partial charge in [-0.25, -0.2) is 0 Å². The molecule has 0 aliphatic heterocycles. The second kappa shape index (κ2) is 5.32. The highest BCUT2D eigenvalue weighted by Crippen LogP contribution is 2.38. The van der Waals surface area contributed by atoms with Crippen molar-refractivity contribution in [1.29, 1.82) is 5.26 Å². The lowest BCUT2D eigenvalue weighted by Crippen LogP contribution is -2.27. The van der Waals surface area contributed by atoms with Crippen molar-refractivity contribution in [2.24, 2.45) is 0 Å². The number of aryl methyl sites for hydroxylation is 2. The van der Waals surface area contributed by atoms with Gasteiger partial charge in [0.05, 0.1) is 11.8 Å². The lowest BCUT2D eigenvalue weighted by atomic mass is 9.75. The molecule has 1 saturated carbocycles. The quantitative estimate of drug-likeness (QED) is 0.861. The Morgan fingerprint density at radius 2 is 1.90 bits per heavy atom. The molecule has 0 unspecified atom stereocenters. The molecule has 1 aliphatic rings. The van der Waals surface area contributed by atoms with Gasteiger partial charge in [0.2, 0.25) is 5.89 Å². The molecule has 110 valence electrons. The van der Waals surface area contributed by atoms with Crippen LogP contribution in [0.25, 0.3) is 0 Å². The maximum atomic E-state index is 9.55. The first-order valence-electron chi connectivity index (χ1n) is 7.31. The summed E-state index contributed by atoms with van der Waals surface area (Å²) in [7, 11) is 0. The number of hydrogen-bond acceptors (Lipinski definition) is 6. The smallest absolute Gasteiger partial charge is 0.247 e. The summed E-state index contributed by atoms with van der Waals surface area (Å²) in [4.78, 5) is 4.46. The molecule has 0 bridgehead atoms. The molecule has 2 aromatic rings. The number of nitrogens with zero attached hydrogens (tertiary/aromatic N) is 4. The Bertz CT molecular complexity index is 655. The van der Waals surface area contributed by atoms with Gasteiger partial charge in [-0.2, -0.15) is 10.2 Å². The van der Waals surface area contributed by atoms with E-state index < -0.39 is 5.41 Å². The third-order valence-corrected chi connectivity index (χ3v) is 4.31. The summed E-state index contributed by atoms with van der Waals surface area (Å²) in [5.41, 5.74) is 1.23. The van der Waals surface area contributed by atoms with Crippen LogP contribution in [-0.4, -0.2) is 15.3 Å². The van der Waals surface area contributed by atoms with Gasteiger partial charge in [-0.3, -0.25) is 0 Å². The van der Waals surface area contributed by atoms with Crippen molar-refractivity contribution in [1.82, 2.24) is 15.3 Å². The zero-order chi connectivity index (χ0) is 14.9. The minimum Gasteiger partial charge on any atom is -0.361 e. The maximum Gasteiger partial charge on any atom is 0.247 e. The van der Waals surface area contributed by atoms with Gasteiger partial charge >= 0.3 is 0 Å². The van der Waals surface area contributed by atoms with Crippen molar-refractivity contribution in [3.63, 3.8) is 0 Å². The highest BCUT2D eigenvalue weighted by atomic mass is 16.5. The topological polar surface area (TPSA) is 88.7 Å². The van der Waals surface area contributed by atoms with Gasteiger partial charge in [0.1, 0.15) is 11.2 Å². The van der Waals surface area contributed by atoms with E-state index in [1.807, 2.05) is 13.8 Å². The first-order valence-corrected chi connectivity index (χ1v) is 7.31. The van der Waals surface area contributed by atoms with Crippen LogP contribution in [0.3, 0.4) is 0 Å². The number of hydrogen-bond donors (Lipinski definition) is 0. The van der Waals surface area contributed by atoms with E-state index in [2.05, 4.69) is 21.4 Å². The molecule has 2 aromatic heterocycles. The van der Waals surface area contributed by atoms with E-state index >= 15 is 0 Å². The normalized spacial score (nSPS) is 17.6. The van der Waals surface area contributed by atoms with E-state index in [1.165, 1.54) is 6.42 Å². The summed E-state index contributed by atoms with van der Waals surface area (Å²) >= 11 is 0. The molecule has 0 amide bonds. The van der Waals surface area contributed by atoms with Gasteiger partial charge in [0.15, 0.2) is 5.82 Å². The average molecular weight is 286 g/mol. The fourth-order valence-corrected chi connectivity index (χ4v) is 2.96. The van der Waals surface area contributed by atoms with Crippen molar-refractivity contribution in [2.75, 3.05) is 0 Å². The molecule has 21 heavy (non-hydrogen) atoms. The standard InChI is InChI=1S/C15H18N4O2/c1-10-12(11(2)20-18-10)8-13-17-14(21-19-13)15(9-16)6-4-3-5-7-15/h3-8H2,1-2H3. The Balaban J connectivity index is 1.85. The molecule has 0 spiro atoms. The van der Waals surface area contributed by atoms with Crippen molar-refractivity contribution >= 4 is 0 Å². The number of aromatic nitrogens is 3. The fourth-order valence-electron chi connectivity index (χ4n) is 2.96. The van der Waals surface area contributed by atoms with Crippen molar-refractivity contribution in [3.05, 3.63) is 28.7 Å². The Kier molecular flexibility index (Phi) is 3.50. The van der Waals surface area contributed by atoms with E-state index in [-0.39, 0.29) is 0 Å². The van der Waals surface area contributed by atoms with Gasteiger partial charge in [-0.15, -0.1) is 0 Å². The largest absolute Gasteiger partial charge is 0.361 e. The van der Waals surface area contributed by atoms with Crippen LogP contribution >= 0.6 is 0 Å². The van der Waals surface area contributed by atoms with Crippen LogP contribution in [0.15, 0.2) is 9.05 Å². The minimum atomic E-state index is -0.595. The Morgan fingerprint density at radius 1 is 1.14 bits per heavy atom. The first kappa shape index (κ1) is 13.8. The molecule has 0 saturated heterocycles. The molecular formula is C15H18N4O2. The second-order valence-corrected chi connectivity index (χ2v) is 5.75. The van der Waals surface area contributed by atoms with Crippen molar-refractivity contribution in [3.8, 4) is 6.07 Å². The van der Waals surface area contributed by atoms with Crippen molar-refractivity contribution in [2.45, 2.75) is 57.8 Å². The molecule has 2 heterocycles. The lowest BCUT2D eigenvalue weighted by Gasteiger charge is -2.26. The van der Waals surface area contributed by atoms with Crippen LogP contribution in [0.2, 0.25) is 0 Å². The Hall–Kier alpha value is -2.16. The summed E-state index contributed by atoms with van der Waals surface area (Å²) < 4.78 is 10.5. The van der Waals surface area contributed by atoms with Crippen LogP contribution in [0.4, 0.5) is 0 Å². The molecule has 1 aliphatic carbocycles. The third-order valence-electron chi connectivity index (χ3n) is 4.31. The van der Waals surface area contributed by atoms with Crippen LogP contribution in [0.5, 0.6) is 0 Å². The summed E-state index contributed by atoms with van der Waals surface area (Å²) in [6, 6.07) is 2.40. The molecule has 3 rings (SSSR count). The first-order chi connectivity index (χ1) is 10.1. The van der Waals surface area contributed by atoms with Gasteiger partial charge < -0.3 is 9.05 Å². The molecule has 0 aromatic carbocycles. The Morgan fingerprint density at radius 3 is 2.52 bits per heavy atom. The van der Waals surface area contributed by atoms with Gasteiger partial charge in [-0.1, -0.05) is 29.6 Å². The average Bonchev–Trinajstić information content (AvgIpc) is 3.11. The number of rotatable bonds is 3. The minimum absolute atomic E-state index is 0.464. The van der Waals surface area contributed by atoms with E-state index in [9.17, 15) is 5.26 Å². The van der Waals surface area contributed by atoms with Crippen LogP contribution in [0.1, 0.15) is 60.8 Å². The second-order valence-electron chi connectivity index (χ2n) is 5.75. The molecular weight excluding hydrogens is 268 g/mol. The van der Waals surface area contributed by atoms with E-state index in [4.69, 9.17) is 9.05 Å². The van der Waals surface area contributed by atoms with Crippen LogP contribution < -0.4 is 0 Å². The lowest BCUT2D eigenvalue weighted by molar-refractivity contribution is 0.264. The molecule has 6 nitrogen and oxygen atoms in total. The monoisotopic (exact) mass is 286 g/mol. The predicted octanol–water partition coefficient (Wildman–Crippen LogP) is 2.99.